The zero-order valence-corrected chi connectivity index (χ0v) is 22.3. The van der Waals surface area contributed by atoms with Crippen molar-refractivity contribution in [3.63, 3.8) is 0 Å². The second kappa shape index (κ2) is 7.71. The quantitative estimate of drug-likeness (QED) is 0.335. The molecule has 0 bridgehead atoms. The van der Waals surface area contributed by atoms with Gasteiger partial charge in [-0.3, -0.25) is 9.59 Å². The molecule has 1 saturated heterocycles. The van der Waals surface area contributed by atoms with Crippen molar-refractivity contribution in [2.24, 2.45) is 11.3 Å². The maximum atomic E-state index is 14.2. The molecule has 2 aliphatic carbocycles. The summed E-state index contributed by atoms with van der Waals surface area (Å²) in [6.07, 6.45) is 1.81. The zero-order chi connectivity index (χ0) is 24.7. The van der Waals surface area contributed by atoms with Crippen LogP contribution < -0.4 is 0 Å². The molecule has 0 unspecified atom stereocenters. The van der Waals surface area contributed by atoms with Gasteiger partial charge in [-0.2, -0.15) is 0 Å². The van der Waals surface area contributed by atoms with Gasteiger partial charge in [0.15, 0.2) is 17.2 Å². The van der Waals surface area contributed by atoms with Gasteiger partial charge in [0.05, 0.1) is 16.5 Å². The fourth-order valence-corrected chi connectivity index (χ4v) is 7.15. The van der Waals surface area contributed by atoms with Crippen molar-refractivity contribution < 1.29 is 24.5 Å². The van der Waals surface area contributed by atoms with Crippen LogP contribution in [0.3, 0.4) is 0 Å². The monoisotopic (exact) mass is 558 g/mol. The fourth-order valence-electron chi connectivity index (χ4n) is 5.79. The van der Waals surface area contributed by atoms with E-state index >= 15 is 0 Å². The summed E-state index contributed by atoms with van der Waals surface area (Å²) in [4.78, 5) is 26.5. The van der Waals surface area contributed by atoms with Gasteiger partial charge in [-0.05, 0) is 56.9 Å². The molecule has 180 valence electrons. The summed E-state index contributed by atoms with van der Waals surface area (Å²) in [5.74, 6) is -2.14. The van der Waals surface area contributed by atoms with E-state index in [2.05, 4.69) is 36.4 Å². The van der Waals surface area contributed by atoms with E-state index in [9.17, 15) is 19.8 Å². The number of ether oxygens (including phenoxy) is 1. The van der Waals surface area contributed by atoms with Crippen LogP contribution in [0.25, 0.3) is 0 Å². The van der Waals surface area contributed by atoms with Gasteiger partial charge in [-0.1, -0.05) is 41.9 Å². The Kier molecular flexibility index (Phi) is 5.85. The summed E-state index contributed by atoms with van der Waals surface area (Å²) in [5.41, 5.74) is -2.31. The molecular weight excluding hydrogens is 531 g/mol. The van der Waals surface area contributed by atoms with Gasteiger partial charge in [0.25, 0.3) is 0 Å². The Morgan fingerprint density at radius 3 is 2.45 bits per heavy atom. The van der Waals surface area contributed by atoms with Crippen LogP contribution in [0.1, 0.15) is 74.1 Å². The number of allylic oxidation sites excluding steroid dienone is 1. The van der Waals surface area contributed by atoms with Crippen molar-refractivity contribution in [2.45, 2.75) is 79.7 Å². The Labute approximate surface area is 212 Å². The van der Waals surface area contributed by atoms with Gasteiger partial charge < -0.3 is 14.9 Å². The first-order valence-corrected chi connectivity index (χ1v) is 12.8. The number of phenolic OH excluding ortho intramolecular Hbond substituents is 2. The number of benzene rings is 1. The third-order valence-electron chi connectivity index (χ3n) is 8.00. The van der Waals surface area contributed by atoms with Gasteiger partial charge in [0, 0.05) is 16.5 Å². The molecule has 0 radical (unpaired) electrons. The minimum Gasteiger partial charge on any atom is -0.508 e. The highest BCUT2D eigenvalue weighted by molar-refractivity contribution is 9.09. The minimum atomic E-state index is -1.82. The van der Waals surface area contributed by atoms with Crippen molar-refractivity contribution in [1.29, 1.82) is 0 Å². The highest BCUT2D eigenvalue weighted by atomic mass is 79.9. The van der Waals surface area contributed by atoms with E-state index in [1.165, 1.54) is 6.07 Å². The van der Waals surface area contributed by atoms with Gasteiger partial charge >= 0.3 is 0 Å². The molecular formula is C25H29BrCl2O5. The van der Waals surface area contributed by atoms with Crippen molar-refractivity contribution in [3.8, 4) is 11.5 Å². The van der Waals surface area contributed by atoms with Crippen molar-refractivity contribution >= 4 is 50.7 Å². The highest BCUT2D eigenvalue weighted by Gasteiger charge is 2.71. The number of halogens is 3. The molecule has 1 aromatic carbocycles. The maximum absolute atomic E-state index is 14.2. The summed E-state index contributed by atoms with van der Waals surface area (Å²) >= 11 is 17.6. The molecule has 33 heavy (non-hydrogen) atoms. The molecule has 0 amide bonds. The summed E-state index contributed by atoms with van der Waals surface area (Å²) in [7, 11) is 0. The normalized spacial score (nSPS) is 37.4. The molecule has 8 heteroatoms. The predicted molar refractivity (Wildman–Crippen MR) is 132 cm³/mol. The van der Waals surface area contributed by atoms with Gasteiger partial charge in [0.2, 0.25) is 0 Å². The van der Waals surface area contributed by atoms with E-state index in [-0.39, 0.29) is 45.9 Å². The number of phenols is 2. The van der Waals surface area contributed by atoms with E-state index in [0.29, 0.717) is 0 Å². The van der Waals surface area contributed by atoms with E-state index in [4.69, 9.17) is 27.9 Å². The number of ketones is 2. The Morgan fingerprint density at radius 1 is 1.18 bits per heavy atom. The number of rotatable bonds is 2. The fraction of sp³-hybridized carbons (Fsp3) is 0.600. The SMILES string of the molecule is C=C1CC[C@H](Br)C(C)(C)[C@@H]1C[C@@]12OC(C)(C)[C@H](Cl)C[C@]1(Cl)C(=O)c1c(O)cc(O)cc1C2=O. The lowest BCUT2D eigenvalue weighted by atomic mass is 9.57. The van der Waals surface area contributed by atoms with Crippen LogP contribution in [0, 0.1) is 11.3 Å². The predicted octanol–water partition coefficient (Wildman–Crippen LogP) is 6.15. The van der Waals surface area contributed by atoms with Crippen LogP contribution in [0.5, 0.6) is 11.5 Å². The zero-order valence-electron chi connectivity index (χ0n) is 19.2. The molecule has 1 heterocycles. The van der Waals surface area contributed by atoms with Crippen LogP contribution in [0.15, 0.2) is 24.3 Å². The lowest BCUT2D eigenvalue weighted by Gasteiger charge is -2.59. The van der Waals surface area contributed by atoms with Crippen molar-refractivity contribution in [3.05, 3.63) is 35.4 Å². The maximum Gasteiger partial charge on any atom is 0.198 e. The second-order valence-electron chi connectivity index (χ2n) is 10.8. The van der Waals surface area contributed by atoms with Crippen LogP contribution in [-0.4, -0.2) is 48.1 Å². The standard InChI is InChI=1S/C25H29BrCl2O5/c1-12-6-7-17(26)22(2,3)15(12)10-25-20(31)14-8-13(29)9-16(30)19(14)21(32)24(25,28)11-18(27)23(4,5)33-25/h8-9,15,17-18,29-30H,1,6-7,10-11H2,2-5H3/t15-,17+,18-,24+,25+/m1/s1. The average molecular weight is 560 g/mol. The van der Waals surface area contributed by atoms with Crippen LogP contribution in [0.4, 0.5) is 0 Å². The number of carbonyl (C=O) groups excluding carboxylic acids is 2. The lowest BCUT2D eigenvalue weighted by Crippen LogP contribution is -2.73. The molecule has 5 atom stereocenters. The Hall–Kier alpha value is -1.08. The van der Waals surface area contributed by atoms with Crippen LogP contribution in [-0.2, 0) is 4.74 Å². The first kappa shape index (κ1) is 25.0. The van der Waals surface area contributed by atoms with Crippen LogP contribution in [0.2, 0.25) is 0 Å². The number of carbonyl (C=O) groups is 2. The summed E-state index contributed by atoms with van der Waals surface area (Å²) < 4.78 is 6.53. The van der Waals surface area contributed by atoms with E-state index in [0.717, 1.165) is 24.5 Å². The van der Waals surface area contributed by atoms with E-state index in [1.54, 1.807) is 13.8 Å². The first-order chi connectivity index (χ1) is 15.1. The topological polar surface area (TPSA) is 83.8 Å². The smallest absolute Gasteiger partial charge is 0.198 e. The largest absolute Gasteiger partial charge is 0.508 e. The lowest BCUT2D eigenvalue weighted by molar-refractivity contribution is -0.169. The molecule has 1 aromatic rings. The number of hydrogen-bond acceptors (Lipinski definition) is 5. The molecule has 0 spiro atoms. The highest BCUT2D eigenvalue weighted by Crippen LogP contribution is 2.60. The molecule has 0 aromatic heterocycles. The average Bonchev–Trinajstić information content (AvgIpc) is 2.69. The van der Waals surface area contributed by atoms with Crippen molar-refractivity contribution in [2.75, 3.05) is 0 Å². The third kappa shape index (κ3) is 3.42. The number of Topliss-reactive ketones (excluding diaryl/α,β-unsaturated/α-hetero) is 2. The molecule has 1 aliphatic heterocycles. The molecule has 1 saturated carbocycles. The number of aromatic hydroxyl groups is 2. The Bertz CT molecular complexity index is 1070. The van der Waals surface area contributed by atoms with Gasteiger partial charge in [0.1, 0.15) is 16.4 Å². The van der Waals surface area contributed by atoms with Gasteiger partial charge in [-0.15, -0.1) is 23.2 Å². The van der Waals surface area contributed by atoms with E-state index in [1.807, 2.05) is 0 Å². The third-order valence-corrected chi connectivity index (χ3v) is 11.0. The number of alkyl halides is 3. The summed E-state index contributed by atoms with van der Waals surface area (Å²) in [5, 5.41) is 19.9. The summed E-state index contributed by atoms with van der Waals surface area (Å²) in [6, 6.07) is 2.23. The molecule has 4 rings (SSSR count). The second-order valence-corrected chi connectivity index (χ2v) is 13.1. The molecule has 3 aliphatic rings. The molecule has 5 nitrogen and oxygen atoms in total. The molecule has 2 N–H and O–H groups in total. The minimum absolute atomic E-state index is 0.00912. The Morgan fingerprint density at radius 2 is 1.82 bits per heavy atom. The summed E-state index contributed by atoms with van der Waals surface area (Å²) in [6.45, 7) is 12.1. The number of fused-ring (bicyclic) bond motifs is 2. The van der Waals surface area contributed by atoms with E-state index < -0.39 is 38.8 Å². The Balaban J connectivity index is 1.97. The van der Waals surface area contributed by atoms with Crippen molar-refractivity contribution in [1.82, 2.24) is 0 Å². The molecule has 2 fully saturated rings. The number of hydrogen-bond donors (Lipinski definition) is 2. The van der Waals surface area contributed by atoms with Gasteiger partial charge in [-0.25, -0.2) is 0 Å². The first-order valence-electron chi connectivity index (χ1n) is 11.1. The van der Waals surface area contributed by atoms with Crippen LogP contribution >= 0.6 is 39.1 Å².